The van der Waals surface area contributed by atoms with Gasteiger partial charge in [-0.25, -0.2) is 4.79 Å². The summed E-state index contributed by atoms with van der Waals surface area (Å²) >= 11 is 4.85. The minimum Gasteiger partial charge on any atom is -0.496 e. The van der Waals surface area contributed by atoms with Crippen LogP contribution in [0.2, 0.25) is 0 Å². The first-order valence-corrected chi connectivity index (χ1v) is 8.41. The van der Waals surface area contributed by atoms with Crippen LogP contribution in [0.25, 0.3) is 0 Å². The van der Waals surface area contributed by atoms with Crippen LogP contribution in [0.5, 0.6) is 11.5 Å². The molecule has 1 aliphatic rings. The highest BCUT2D eigenvalue weighted by Gasteiger charge is 2.33. The number of fused-ring (bicyclic) bond motifs is 1. The Labute approximate surface area is 156 Å². The van der Waals surface area contributed by atoms with Gasteiger partial charge in [0.15, 0.2) is 5.75 Å². The number of esters is 1. The summed E-state index contributed by atoms with van der Waals surface area (Å²) in [6.07, 6.45) is 2.72. The average molecular weight is 379 g/mol. The van der Waals surface area contributed by atoms with Gasteiger partial charge in [0.2, 0.25) is 0 Å². The van der Waals surface area contributed by atoms with Crippen molar-refractivity contribution in [2.75, 3.05) is 7.11 Å². The molecule has 1 aromatic carbocycles. The molecule has 1 heterocycles. The van der Waals surface area contributed by atoms with Gasteiger partial charge in [0.05, 0.1) is 7.11 Å². The van der Waals surface area contributed by atoms with Crippen molar-refractivity contribution in [3.63, 3.8) is 0 Å². The molecule has 0 saturated carbocycles. The highest BCUT2D eigenvalue weighted by molar-refractivity contribution is 7.80. The number of carbonyl (C=O) groups is 2. The molecule has 0 aromatic heterocycles. The number of carboxylic acids is 1. The second-order valence-corrected chi connectivity index (χ2v) is 6.37. The van der Waals surface area contributed by atoms with Crippen LogP contribution in [0.3, 0.4) is 0 Å². The number of rotatable bonds is 7. The van der Waals surface area contributed by atoms with Gasteiger partial charge in [0.25, 0.3) is 5.17 Å². The molecule has 0 spiro atoms. The van der Waals surface area contributed by atoms with Crippen LogP contribution < -0.4 is 15.2 Å². The number of hydrogen-bond donors (Lipinski definition) is 2. The van der Waals surface area contributed by atoms with Crippen molar-refractivity contribution in [1.29, 1.82) is 0 Å². The van der Waals surface area contributed by atoms with E-state index in [-0.39, 0.29) is 24.0 Å². The number of nitrogens with two attached hydrogens (primary N) is 1. The van der Waals surface area contributed by atoms with Gasteiger partial charge >= 0.3 is 11.9 Å². The third kappa shape index (κ3) is 4.13. The molecular formula is C18H21NO6S. The Morgan fingerprint density at radius 3 is 2.65 bits per heavy atom. The van der Waals surface area contributed by atoms with E-state index >= 15 is 0 Å². The monoisotopic (exact) mass is 379 g/mol. The smallest absolute Gasteiger partial charge is 0.342 e. The molecule has 1 aliphatic heterocycles. The minimum absolute atomic E-state index is 0.0469. The van der Waals surface area contributed by atoms with Crippen molar-refractivity contribution in [3.05, 3.63) is 33.9 Å². The first kappa shape index (κ1) is 19.7. The summed E-state index contributed by atoms with van der Waals surface area (Å²) in [5.74, 6) is -0.552. The van der Waals surface area contributed by atoms with Gasteiger partial charge in [-0.15, -0.1) is 0 Å². The third-order valence-electron chi connectivity index (χ3n) is 4.22. The third-order valence-corrected chi connectivity index (χ3v) is 4.30. The molecule has 2 rings (SSSR count). The van der Waals surface area contributed by atoms with Crippen molar-refractivity contribution >= 4 is 29.3 Å². The summed E-state index contributed by atoms with van der Waals surface area (Å²) in [5.41, 5.74) is 8.83. The van der Waals surface area contributed by atoms with E-state index < -0.39 is 11.9 Å². The van der Waals surface area contributed by atoms with E-state index in [1.807, 2.05) is 19.9 Å². The van der Waals surface area contributed by atoms with Crippen LogP contribution in [0.15, 0.2) is 11.6 Å². The Kier molecular flexibility index (Phi) is 6.20. The molecule has 7 nitrogen and oxygen atoms in total. The molecule has 0 saturated heterocycles. The van der Waals surface area contributed by atoms with Gasteiger partial charge in [-0.2, -0.15) is 0 Å². The van der Waals surface area contributed by atoms with E-state index in [9.17, 15) is 9.59 Å². The predicted octanol–water partition coefficient (Wildman–Crippen LogP) is 2.65. The molecule has 0 unspecified atom stereocenters. The summed E-state index contributed by atoms with van der Waals surface area (Å²) in [4.78, 5) is 22.9. The Hall–Kier alpha value is -2.61. The van der Waals surface area contributed by atoms with E-state index in [4.69, 9.17) is 37.3 Å². The maximum atomic E-state index is 12.2. The summed E-state index contributed by atoms with van der Waals surface area (Å²) in [6, 6.07) is 0. The van der Waals surface area contributed by atoms with Gasteiger partial charge < -0.3 is 25.1 Å². The lowest BCUT2D eigenvalue weighted by Gasteiger charge is -2.18. The lowest BCUT2D eigenvalue weighted by atomic mass is 9.94. The molecular weight excluding hydrogens is 358 g/mol. The molecule has 3 N–H and O–H groups in total. The topological polar surface area (TPSA) is 108 Å². The number of cyclic esters (lactones) is 1. The zero-order valence-electron chi connectivity index (χ0n) is 14.9. The molecule has 0 bridgehead atoms. The molecule has 0 aliphatic carbocycles. The summed E-state index contributed by atoms with van der Waals surface area (Å²) in [5, 5.41) is 8.58. The highest BCUT2D eigenvalue weighted by atomic mass is 32.1. The minimum atomic E-state index is -0.857. The number of carbonyl (C=O) groups excluding carboxylic acids is 1. The zero-order chi connectivity index (χ0) is 19.4. The van der Waals surface area contributed by atoms with Crippen LogP contribution >= 0.6 is 12.2 Å². The van der Waals surface area contributed by atoms with Crippen LogP contribution in [0, 0.1) is 6.92 Å². The standard InChI is InChI=1S/C18H21NO6S/c1-9(5-7-13(20)21)4-6-11-15(23-3)10(2)12-8-24-17(22)14(12)16(11)25-18(19)26/h4H,5-8H2,1-3H3,(H2,19,26)(H,20,21). The van der Waals surface area contributed by atoms with E-state index in [0.717, 1.165) is 11.1 Å². The maximum Gasteiger partial charge on any atom is 0.342 e. The molecule has 140 valence electrons. The number of hydrogen-bond acceptors (Lipinski definition) is 6. The quantitative estimate of drug-likeness (QED) is 0.423. The van der Waals surface area contributed by atoms with Crippen molar-refractivity contribution in [3.8, 4) is 11.5 Å². The summed E-state index contributed by atoms with van der Waals surface area (Å²) < 4.78 is 16.2. The number of allylic oxidation sites excluding steroid dienone is 2. The largest absolute Gasteiger partial charge is 0.496 e. The molecule has 0 radical (unpaired) electrons. The number of aliphatic carboxylic acids is 1. The fraction of sp³-hybridized carbons (Fsp3) is 0.389. The normalized spacial score (nSPS) is 13.2. The molecule has 0 fully saturated rings. The fourth-order valence-corrected chi connectivity index (χ4v) is 2.99. The van der Waals surface area contributed by atoms with Crippen LogP contribution in [-0.4, -0.2) is 29.3 Å². The van der Waals surface area contributed by atoms with Crippen LogP contribution in [0.4, 0.5) is 0 Å². The van der Waals surface area contributed by atoms with E-state index in [0.29, 0.717) is 35.3 Å². The Balaban J connectivity index is 2.52. The predicted molar refractivity (Wildman–Crippen MR) is 98.6 cm³/mol. The van der Waals surface area contributed by atoms with Crippen molar-refractivity contribution in [2.24, 2.45) is 5.73 Å². The van der Waals surface area contributed by atoms with E-state index in [1.54, 1.807) is 0 Å². The van der Waals surface area contributed by atoms with Crippen LogP contribution in [-0.2, 0) is 22.6 Å². The van der Waals surface area contributed by atoms with Gasteiger partial charge in [0.1, 0.15) is 17.9 Å². The second-order valence-electron chi connectivity index (χ2n) is 5.97. The molecule has 1 aromatic rings. The fourth-order valence-electron chi connectivity index (χ4n) is 2.91. The molecule has 0 atom stereocenters. The average Bonchev–Trinajstić information content (AvgIpc) is 2.95. The van der Waals surface area contributed by atoms with E-state index in [2.05, 4.69) is 0 Å². The first-order valence-electron chi connectivity index (χ1n) is 8.00. The van der Waals surface area contributed by atoms with Crippen LogP contribution in [0.1, 0.15) is 46.8 Å². The molecule has 0 amide bonds. The van der Waals surface area contributed by atoms with Crippen molar-refractivity contribution in [2.45, 2.75) is 39.7 Å². The zero-order valence-corrected chi connectivity index (χ0v) is 15.7. The van der Waals surface area contributed by atoms with Gasteiger partial charge in [-0.1, -0.05) is 11.6 Å². The number of ether oxygens (including phenoxy) is 3. The molecule has 8 heteroatoms. The Bertz CT molecular complexity index is 800. The number of thiocarbonyl (C=S) groups is 1. The number of carboxylic acid groups (broad SMARTS) is 1. The lowest BCUT2D eigenvalue weighted by molar-refractivity contribution is -0.136. The number of methoxy groups -OCH3 is 1. The van der Waals surface area contributed by atoms with Gasteiger partial charge in [0, 0.05) is 17.5 Å². The summed E-state index contributed by atoms with van der Waals surface area (Å²) in [7, 11) is 1.53. The SMILES string of the molecule is COc1c(C)c2c(c(OC(N)=S)c1CC=C(C)CCC(=O)O)C(=O)OC2. The second kappa shape index (κ2) is 8.18. The highest BCUT2D eigenvalue weighted by Crippen LogP contribution is 2.42. The first-order chi connectivity index (χ1) is 12.3. The molecule has 26 heavy (non-hydrogen) atoms. The van der Waals surface area contributed by atoms with Gasteiger partial charge in [-0.05, 0) is 44.5 Å². The lowest BCUT2D eigenvalue weighted by Crippen LogP contribution is -2.19. The van der Waals surface area contributed by atoms with E-state index in [1.165, 1.54) is 7.11 Å². The van der Waals surface area contributed by atoms with Crippen molar-refractivity contribution < 1.29 is 28.9 Å². The Morgan fingerprint density at radius 1 is 1.38 bits per heavy atom. The Morgan fingerprint density at radius 2 is 2.08 bits per heavy atom. The number of benzene rings is 1. The maximum absolute atomic E-state index is 12.2. The van der Waals surface area contributed by atoms with Crippen molar-refractivity contribution in [1.82, 2.24) is 0 Å². The summed E-state index contributed by atoms with van der Waals surface area (Å²) in [6.45, 7) is 3.82. The van der Waals surface area contributed by atoms with Gasteiger partial charge in [-0.3, -0.25) is 4.79 Å².